The molecule has 4 rings (SSSR count). The molecule has 1 N–H and O–H groups in total. The molecule has 0 unspecified atom stereocenters. The number of carboxylic acid groups (broad SMARTS) is 1. The topological polar surface area (TPSA) is 53.0 Å². The van der Waals surface area contributed by atoms with Gasteiger partial charge < -0.3 is 19.6 Å². The number of benzene rings is 3. The highest BCUT2D eigenvalue weighted by Gasteiger charge is 2.31. The molecule has 0 saturated carbocycles. The largest absolute Gasteiger partial charge is 0.478 e. The number of anilines is 2. The van der Waals surface area contributed by atoms with Gasteiger partial charge in [0.1, 0.15) is 11.5 Å². The zero-order valence-corrected chi connectivity index (χ0v) is 16.9. The van der Waals surface area contributed by atoms with Crippen molar-refractivity contribution in [2.24, 2.45) is 0 Å². The minimum Gasteiger partial charge on any atom is -0.478 e. The van der Waals surface area contributed by atoms with Crippen molar-refractivity contribution in [3.63, 3.8) is 0 Å². The molecule has 1 aliphatic heterocycles. The van der Waals surface area contributed by atoms with Crippen molar-refractivity contribution in [2.75, 3.05) is 38.0 Å². The van der Waals surface area contributed by atoms with Gasteiger partial charge in [0.2, 0.25) is 0 Å². The fourth-order valence-electron chi connectivity index (χ4n) is 3.60. The zero-order chi connectivity index (χ0) is 21.6. The van der Waals surface area contributed by atoms with E-state index in [2.05, 4.69) is 0 Å². The van der Waals surface area contributed by atoms with Crippen LogP contribution in [-0.4, -0.2) is 39.3 Å². The summed E-state index contributed by atoms with van der Waals surface area (Å²) in [7, 11) is 7.76. The molecule has 3 aromatic carbocycles. The van der Waals surface area contributed by atoms with Gasteiger partial charge in [0, 0.05) is 70.1 Å². The molecule has 5 nitrogen and oxygen atoms in total. The van der Waals surface area contributed by atoms with Crippen LogP contribution in [0.4, 0.5) is 11.4 Å². The van der Waals surface area contributed by atoms with Crippen LogP contribution in [0, 0.1) is 0 Å². The average Bonchev–Trinajstić information content (AvgIpc) is 2.72. The van der Waals surface area contributed by atoms with Crippen LogP contribution in [-0.2, 0) is 0 Å². The highest BCUT2D eigenvalue weighted by Crippen LogP contribution is 2.49. The Morgan fingerprint density at radius 2 is 1.38 bits per heavy atom. The summed E-state index contributed by atoms with van der Waals surface area (Å²) in [6.07, 6.45) is 0. The van der Waals surface area contributed by atoms with Crippen LogP contribution in [0.1, 0.15) is 34.3 Å². The number of rotatable bonds is 4. The third kappa shape index (κ3) is 3.29. The normalized spacial score (nSPS) is 14.1. The number of hydrogen-bond acceptors (Lipinski definition) is 4. The van der Waals surface area contributed by atoms with Crippen molar-refractivity contribution < 1.29 is 16.0 Å². The molecule has 0 amide bonds. The molecule has 1 aliphatic rings. The van der Waals surface area contributed by atoms with E-state index < -0.39 is 11.9 Å². The molecular weight excluding hydrogens is 364 g/mol. The summed E-state index contributed by atoms with van der Waals surface area (Å²) in [5.41, 5.74) is 3.64. The maximum absolute atomic E-state index is 12.0. The van der Waals surface area contributed by atoms with E-state index in [1.54, 1.807) is 24.3 Å². The first-order valence-electron chi connectivity index (χ1n) is 9.88. The molecule has 3 aromatic rings. The van der Waals surface area contributed by atoms with Gasteiger partial charge in [0.25, 0.3) is 0 Å². The number of carbonyl (C=O) groups is 1. The van der Waals surface area contributed by atoms with E-state index in [0.717, 1.165) is 11.4 Å². The van der Waals surface area contributed by atoms with Gasteiger partial charge in [-0.2, -0.15) is 0 Å². The SMILES string of the molecule is [2H]C1(c2ccccc2C(=O)O)c2ccc(N(C)C)cc2Oc2cc(N(C)C)ccc21. The fraction of sp³-hybridized carbons (Fsp3) is 0.208. The van der Waals surface area contributed by atoms with Crippen LogP contribution in [0.5, 0.6) is 11.5 Å². The number of aromatic carboxylic acids is 1. The summed E-state index contributed by atoms with van der Waals surface area (Å²) in [6, 6.07) is 18.1. The van der Waals surface area contributed by atoms with Crippen molar-refractivity contribution in [1.82, 2.24) is 0 Å². The molecule has 0 aromatic heterocycles. The van der Waals surface area contributed by atoms with Crippen LogP contribution in [0.15, 0.2) is 60.7 Å². The highest BCUT2D eigenvalue weighted by molar-refractivity contribution is 5.90. The first-order chi connectivity index (χ1) is 14.2. The van der Waals surface area contributed by atoms with Crippen LogP contribution in [0.2, 0.25) is 0 Å². The lowest BCUT2D eigenvalue weighted by Crippen LogP contribution is -2.17. The molecule has 148 valence electrons. The Hall–Kier alpha value is -3.47. The van der Waals surface area contributed by atoms with E-state index in [1.165, 1.54) is 0 Å². The van der Waals surface area contributed by atoms with Crippen molar-refractivity contribution in [2.45, 2.75) is 5.89 Å². The summed E-state index contributed by atoms with van der Waals surface area (Å²) in [5, 5.41) is 9.81. The third-order valence-electron chi connectivity index (χ3n) is 5.15. The van der Waals surface area contributed by atoms with Gasteiger partial charge in [0.05, 0.1) is 5.56 Å². The molecule has 0 spiro atoms. The molecule has 0 aliphatic carbocycles. The second-order valence-electron chi connectivity index (χ2n) is 7.48. The first kappa shape index (κ1) is 17.6. The lowest BCUT2D eigenvalue weighted by Gasteiger charge is -2.31. The molecule has 0 fully saturated rings. The van der Waals surface area contributed by atoms with Crippen LogP contribution < -0.4 is 14.5 Å². The van der Waals surface area contributed by atoms with Crippen LogP contribution in [0.25, 0.3) is 0 Å². The average molecular weight is 389 g/mol. The number of hydrogen-bond donors (Lipinski definition) is 1. The molecule has 0 bridgehead atoms. The Morgan fingerprint density at radius 1 is 0.862 bits per heavy atom. The standard InChI is InChI=1S/C24H24N2O3/c1-25(2)15-9-11-19-21(13-15)29-22-14-16(26(3)4)10-12-20(22)23(19)17-7-5-6-8-18(17)24(27)28/h5-14,23H,1-4H3,(H,27,28)/i23D. The quantitative estimate of drug-likeness (QED) is 0.694. The van der Waals surface area contributed by atoms with Gasteiger partial charge >= 0.3 is 5.97 Å². The molecule has 1 heterocycles. The minimum absolute atomic E-state index is 0.111. The third-order valence-corrected chi connectivity index (χ3v) is 5.15. The van der Waals surface area contributed by atoms with Crippen molar-refractivity contribution in [3.8, 4) is 11.5 Å². The fourth-order valence-corrected chi connectivity index (χ4v) is 3.60. The highest BCUT2D eigenvalue weighted by atomic mass is 16.5. The van der Waals surface area contributed by atoms with E-state index in [9.17, 15) is 11.3 Å². The summed E-state index contributed by atoms with van der Waals surface area (Å²) in [5.74, 6) is -1.37. The summed E-state index contributed by atoms with van der Waals surface area (Å²) < 4.78 is 15.9. The van der Waals surface area contributed by atoms with Crippen molar-refractivity contribution >= 4 is 17.3 Å². The summed E-state index contributed by atoms with van der Waals surface area (Å²) >= 11 is 0. The lowest BCUT2D eigenvalue weighted by atomic mass is 9.80. The number of ether oxygens (including phenoxy) is 1. The zero-order valence-electron chi connectivity index (χ0n) is 17.9. The first-order valence-corrected chi connectivity index (χ1v) is 9.38. The van der Waals surface area contributed by atoms with Crippen molar-refractivity contribution in [1.29, 1.82) is 0 Å². The molecule has 0 radical (unpaired) electrons. The van der Waals surface area contributed by atoms with Crippen molar-refractivity contribution in [3.05, 3.63) is 82.9 Å². The molecule has 29 heavy (non-hydrogen) atoms. The Labute approximate surface area is 172 Å². The maximum Gasteiger partial charge on any atom is 0.335 e. The predicted octanol–water partition coefficient (Wildman–Crippen LogP) is 4.80. The predicted molar refractivity (Wildman–Crippen MR) is 116 cm³/mol. The van der Waals surface area contributed by atoms with Gasteiger partial charge in [-0.3, -0.25) is 0 Å². The van der Waals surface area contributed by atoms with E-state index in [0.29, 0.717) is 28.2 Å². The van der Waals surface area contributed by atoms with Gasteiger partial charge in [-0.05, 0) is 23.8 Å². The Morgan fingerprint density at radius 3 is 1.86 bits per heavy atom. The smallest absolute Gasteiger partial charge is 0.335 e. The van der Waals surface area contributed by atoms with E-state index in [-0.39, 0.29) is 5.56 Å². The second-order valence-corrected chi connectivity index (χ2v) is 7.48. The van der Waals surface area contributed by atoms with E-state index >= 15 is 0 Å². The Kier molecular flexibility index (Phi) is 4.35. The maximum atomic E-state index is 12.0. The molecule has 0 saturated heterocycles. The van der Waals surface area contributed by atoms with Crippen LogP contribution in [0.3, 0.4) is 0 Å². The van der Waals surface area contributed by atoms with Gasteiger partial charge in [-0.25, -0.2) is 4.79 Å². The van der Waals surface area contributed by atoms with Gasteiger partial charge in [-0.1, -0.05) is 30.3 Å². The second kappa shape index (κ2) is 7.17. The summed E-state index contributed by atoms with van der Waals surface area (Å²) in [6.45, 7) is 0. The number of carboxylic acids is 1. The molecule has 5 heteroatoms. The molecular formula is C24H24N2O3. The monoisotopic (exact) mass is 389 g/mol. The Bertz CT molecular complexity index is 1080. The van der Waals surface area contributed by atoms with Gasteiger partial charge in [-0.15, -0.1) is 0 Å². The number of fused-ring (bicyclic) bond motifs is 2. The molecule has 0 atom stereocenters. The minimum atomic E-state index is -1.42. The number of nitrogens with zero attached hydrogens (tertiary/aromatic N) is 2. The summed E-state index contributed by atoms with van der Waals surface area (Å²) in [4.78, 5) is 15.9. The van der Waals surface area contributed by atoms with Gasteiger partial charge in [0.15, 0.2) is 0 Å². The Balaban J connectivity index is 2.05. The van der Waals surface area contributed by atoms with Crippen LogP contribution >= 0.6 is 0 Å². The lowest BCUT2D eigenvalue weighted by molar-refractivity contribution is 0.0695. The van der Waals surface area contributed by atoms with E-state index in [4.69, 9.17) is 4.74 Å². The van der Waals surface area contributed by atoms with E-state index in [1.807, 2.05) is 74.4 Å².